The lowest BCUT2D eigenvalue weighted by Gasteiger charge is -2.31. The Kier molecular flexibility index (Phi) is 7.72. The largest absolute Gasteiger partial charge is 0.490 e. The van der Waals surface area contributed by atoms with E-state index in [0.29, 0.717) is 25.6 Å². The molecule has 0 spiro atoms. The number of esters is 1. The van der Waals surface area contributed by atoms with E-state index < -0.39 is 5.41 Å². The van der Waals surface area contributed by atoms with Gasteiger partial charge in [0, 0.05) is 25.9 Å². The van der Waals surface area contributed by atoms with Crippen LogP contribution in [0.4, 0.5) is 4.79 Å². The van der Waals surface area contributed by atoms with Crippen molar-refractivity contribution < 1.29 is 23.8 Å². The van der Waals surface area contributed by atoms with Gasteiger partial charge in [-0.15, -0.1) is 0 Å². The Morgan fingerprint density at radius 3 is 2.43 bits per heavy atom. The van der Waals surface area contributed by atoms with E-state index in [1.54, 1.807) is 4.90 Å². The molecule has 0 atom stereocenters. The molecule has 1 aromatic rings. The van der Waals surface area contributed by atoms with Crippen LogP contribution in [0.25, 0.3) is 0 Å². The van der Waals surface area contributed by atoms with Gasteiger partial charge in [-0.2, -0.15) is 0 Å². The molecule has 0 bridgehead atoms. The van der Waals surface area contributed by atoms with Crippen LogP contribution < -0.4 is 4.74 Å². The van der Waals surface area contributed by atoms with Crippen LogP contribution in [0.5, 0.6) is 5.75 Å². The van der Waals surface area contributed by atoms with E-state index in [9.17, 15) is 9.59 Å². The molecule has 0 aliphatic carbocycles. The highest BCUT2D eigenvalue weighted by Gasteiger charge is 2.25. The van der Waals surface area contributed by atoms with Gasteiger partial charge in [-0.05, 0) is 44.4 Å². The summed E-state index contributed by atoms with van der Waals surface area (Å²) in [4.78, 5) is 25.7. The Morgan fingerprint density at radius 2 is 1.82 bits per heavy atom. The summed E-state index contributed by atoms with van der Waals surface area (Å²) in [5.41, 5.74) is 0.378. The number of hydrogen-bond acceptors (Lipinski definition) is 5. The second-order valence-corrected chi connectivity index (χ2v) is 8.75. The summed E-state index contributed by atoms with van der Waals surface area (Å²) in [6, 6.07) is 7.61. The number of amides is 1. The molecule has 2 rings (SSSR count). The normalized spacial score (nSPS) is 15.4. The molecule has 1 aliphatic rings. The van der Waals surface area contributed by atoms with E-state index in [0.717, 1.165) is 24.2 Å². The molecular formula is C22H33NO5. The Bertz CT molecular complexity index is 657. The predicted molar refractivity (Wildman–Crippen MR) is 107 cm³/mol. The molecule has 0 saturated carbocycles. The van der Waals surface area contributed by atoms with Gasteiger partial charge in [0.05, 0.1) is 12.0 Å². The summed E-state index contributed by atoms with van der Waals surface area (Å²) >= 11 is 0. The van der Waals surface area contributed by atoms with Gasteiger partial charge in [-0.1, -0.05) is 26.0 Å². The third-order valence-corrected chi connectivity index (χ3v) is 4.42. The minimum Gasteiger partial charge on any atom is -0.490 e. The topological polar surface area (TPSA) is 65.1 Å². The number of likely N-dealkylation sites (tertiary alicyclic amines) is 1. The number of carbonyl (C=O) groups is 2. The molecule has 0 unspecified atom stereocenters. The lowest BCUT2D eigenvalue weighted by molar-refractivity contribution is -0.154. The first-order valence-corrected chi connectivity index (χ1v) is 9.99. The highest BCUT2D eigenvalue weighted by Crippen LogP contribution is 2.22. The maximum Gasteiger partial charge on any atom is 0.409 e. The first-order valence-electron chi connectivity index (χ1n) is 9.99. The summed E-state index contributed by atoms with van der Waals surface area (Å²) in [7, 11) is 0. The van der Waals surface area contributed by atoms with Crippen molar-refractivity contribution >= 4 is 12.1 Å². The zero-order chi connectivity index (χ0) is 20.7. The molecule has 1 amide bonds. The fraction of sp³-hybridized carbons (Fsp3) is 0.636. The molecule has 1 saturated heterocycles. The number of benzene rings is 1. The SMILES string of the molecule is CC(C)COC(=O)N1CCC(Oc2cccc(COC(=O)C(C)(C)C)c2)CC1. The molecule has 0 aromatic heterocycles. The van der Waals surface area contributed by atoms with Gasteiger partial charge in [0.1, 0.15) is 18.5 Å². The van der Waals surface area contributed by atoms with Crippen molar-refractivity contribution in [2.45, 2.75) is 60.2 Å². The average Bonchev–Trinajstić information content (AvgIpc) is 2.64. The number of piperidine rings is 1. The Labute approximate surface area is 168 Å². The number of hydrogen-bond donors (Lipinski definition) is 0. The van der Waals surface area contributed by atoms with Crippen LogP contribution in [0.1, 0.15) is 53.0 Å². The standard InChI is InChI=1S/C22H33NO5/c1-16(2)14-27-21(25)23-11-9-18(10-12-23)28-19-8-6-7-17(13-19)15-26-20(24)22(3,4)5/h6-8,13,16,18H,9-12,14-15H2,1-5H3. The third kappa shape index (κ3) is 7.06. The molecule has 0 N–H and O–H groups in total. The third-order valence-electron chi connectivity index (χ3n) is 4.42. The van der Waals surface area contributed by atoms with Crippen LogP contribution >= 0.6 is 0 Å². The molecule has 6 heteroatoms. The first-order chi connectivity index (χ1) is 13.1. The van der Waals surface area contributed by atoms with Crippen molar-refractivity contribution in [1.82, 2.24) is 4.90 Å². The van der Waals surface area contributed by atoms with E-state index in [1.165, 1.54) is 0 Å². The molecular weight excluding hydrogens is 358 g/mol. The maximum atomic E-state index is 12.0. The van der Waals surface area contributed by atoms with Gasteiger partial charge >= 0.3 is 12.1 Å². The molecule has 1 aliphatic heterocycles. The second kappa shape index (κ2) is 9.80. The molecule has 156 valence electrons. The number of carbonyl (C=O) groups excluding carboxylic acids is 2. The van der Waals surface area contributed by atoms with Crippen molar-refractivity contribution in [2.75, 3.05) is 19.7 Å². The molecule has 0 radical (unpaired) electrons. The van der Waals surface area contributed by atoms with Crippen molar-refractivity contribution in [3.05, 3.63) is 29.8 Å². The van der Waals surface area contributed by atoms with Gasteiger partial charge in [0.2, 0.25) is 0 Å². The quantitative estimate of drug-likeness (QED) is 0.672. The summed E-state index contributed by atoms with van der Waals surface area (Å²) in [6.45, 7) is 11.5. The van der Waals surface area contributed by atoms with Crippen molar-refractivity contribution in [1.29, 1.82) is 0 Å². The van der Waals surface area contributed by atoms with Crippen molar-refractivity contribution in [2.24, 2.45) is 11.3 Å². The number of rotatable bonds is 6. The lowest BCUT2D eigenvalue weighted by atomic mass is 9.97. The Hall–Kier alpha value is -2.24. The monoisotopic (exact) mass is 391 g/mol. The highest BCUT2D eigenvalue weighted by atomic mass is 16.6. The van der Waals surface area contributed by atoms with Crippen LogP contribution in [-0.4, -0.2) is 42.8 Å². The van der Waals surface area contributed by atoms with E-state index in [-0.39, 0.29) is 24.8 Å². The lowest BCUT2D eigenvalue weighted by Crippen LogP contribution is -2.42. The molecule has 28 heavy (non-hydrogen) atoms. The minimum atomic E-state index is -0.515. The van der Waals surface area contributed by atoms with E-state index in [4.69, 9.17) is 14.2 Å². The fourth-order valence-electron chi connectivity index (χ4n) is 2.75. The molecule has 1 heterocycles. The van der Waals surface area contributed by atoms with E-state index in [1.807, 2.05) is 58.9 Å². The zero-order valence-corrected chi connectivity index (χ0v) is 17.7. The summed E-state index contributed by atoms with van der Waals surface area (Å²) < 4.78 is 16.7. The minimum absolute atomic E-state index is 0.0570. The van der Waals surface area contributed by atoms with Crippen molar-refractivity contribution in [3.63, 3.8) is 0 Å². The molecule has 1 fully saturated rings. The van der Waals surface area contributed by atoms with E-state index >= 15 is 0 Å². The van der Waals surface area contributed by atoms with Gasteiger partial charge in [0.25, 0.3) is 0 Å². The van der Waals surface area contributed by atoms with Crippen LogP contribution in [-0.2, 0) is 20.9 Å². The van der Waals surface area contributed by atoms with Crippen molar-refractivity contribution in [3.8, 4) is 5.75 Å². The predicted octanol–water partition coefficient (Wildman–Crippen LogP) is 4.41. The zero-order valence-electron chi connectivity index (χ0n) is 17.7. The summed E-state index contributed by atoms with van der Waals surface area (Å²) in [5, 5.41) is 0. The number of nitrogens with zero attached hydrogens (tertiary/aromatic N) is 1. The average molecular weight is 392 g/mol. The summed E-state index contributed by atoms with van der Waals surface area (Å²) in [5.74, 6) is 0.862. The fourth-order valence-corrected chi connectivity index (χ4v) is 2.75. The van der Waals surface area contributed by atoms with Crippen LogP contribution in [0.3, 0.4) is 0 Å². The Balaban J connectivity index is 1.80. The highest BCUT2D eigenvalue weighted by molar-refractivity contribution is 5.75. The summed E-state index contributed by atoms with van der Waals surface area (Å²) in [6.07, 6.45) is 1.34. The molecule has 6 nitrogen and oxygen atoms in total. The van der Waals surface area contributed by atoms with Crippen LogP contribution in [0.15, 0.2) is 24.3 Å². The van der Waals surface area contributed by atoms with Gasteiger partial charge in [0.15, 0.2) is 0 Å². The number of ether oxygens (including phenoxy) is 3. The van der Waals surface area contributed by atoms with E-state index in [2.05, 4.69) is 0 Å². The van der Waals surface area contributed by atoms with Gasteiger partial charge < -0.3 is 19.1 Å². The first kappa shape index (κ1) is 22.1. The van der Waals surface area contributed by atoms with Gasteiger partial charge in [-0.3, -0.25) is 4.79 Å². The van der Waals surface area contributed by atoms with Crippen LogP contribution in [0.2, 0.25) is 0 Å². The van der Waals surface area contributed by atoms with Gasteiger partial charge in [-0.25, -0.2) is 4.79 Å². The second-order valence-electron chi connectivity index (χ2n) is 8.75. The molecule has 1 aromatic carbocycles. The maximum absolute atomic E-state index is 12.0. The smallest absolute Gasteiger partial charge is 0.409 e. The van der Waals surface area contributed by atoms with Crippen LogP contribution in [0, 0.1) is 11.3 Å². The Morgan fingerprint density at radius 1 is 1.14 bits per heavy atom.